The van der Waals surface area contributed by atoms with Crippen LogP contribution >= 0.6 is 11.6 Å². The molecule has 2 aromatic heterocycles. The van der Waals surface area contributed by atoms with Gasteiger partial charge in [-0.3, -0.25) is 33.6 Å². The molecule has 0 spiro atoms. The fourth-order valence-electron chi connectivity index (χ4n) is 13.2. The maximum absolute atomic E-state index is 15.0. The van der Waals surface area contributed by atoms with Crippen molar-refractivity contribution >= 4 is 78.8 Å². The smallest absolute Gasteiger partial charge is 0.497 e. The number of aliphatic hydroxyl groups is 8. The van der Waals surface area contributed by atoms with E-state index >= 15 is 4.79 Å². The lowest BCUT2D eigenvalue weighted by molar-refractivity contribution is -0.277. The van der Waals surface area contributed by atoms with E-state index in [-0.39, 0.29) is 101 Å². The van der Waals surface area contributed by atoms with Crippen molar-refractivity contribution in [2.45, 2.75) is 143 Å². The number of rotatable bonds is 31. The van der Waals surface area contributed by atoms with Gasteiger partial charge in [-0.1, -0.05) is 60.6 Å². The van der Waals surface area contributed by atoms with Crippen LogP contribution in [0.25, 0.3) is 21.7 Å². The lowest BCUT2D eigenvalue weighted by Crippen LogP contribution is -2.60. The summed E-state index contributed by atoms with van der Waals surface area (Å²) in [5.41, 5.74) is -0.725. The van der Waals surface area contributed by atoms with E-state index in [2.05, 4.69) is 29.1 Å². The molecule has 11 atom stereocenters. The number of benzene rings is 4. The van der Waals surface area contributed by atoms with Gasteiger partial charge in [0.05, 0.1) is 69.2 Å². The normalized spacial score (nSPS) is 23.2. The van der Waals surface area contributed by atoms with Crippen LogP contribution in [0.5, 0.6) is 28.7 Å². The van der Waals surface area contributed by atoms with E-state index < -0.39 is 136 Å². The number of amides is 4. The molecule has 0 aliphatic carbocycles. The molecule has 2 saturated heterocycles. The Morgan fingerprint density at radius 2 is 1.27 bits per heavy atom. The zero-order valence-electron chi connectivity index (χ0n) is 59.4. The third-order valence-electron chi connectivity index (χ3n) is 18.3. The van der Waals surface area contributed by atoms with Crippen LogP contribution in [0.4, 0.5) is 5.69 Å². The molecule has 4 aliphatic heterocycles. The molecule has 4 aromatic carbocycles. The maximum Gasteiger partial charge on any atom is 0.501 e. The molecule has 2 fully saturated rings. The highest BCUT2D eigenvalue weighted by Crippen LogP contribution is 2.48. The fraction of sp³-hybridized carbons (Fsp3) is 0.535. The molecule has 0 saturated carbocycles. The molecular formula is C71H90ClN7O24S. The summed E-state index contributed by atoms with van der Waals surface area (Å²) in [6, 6.07) is 13.8. The van der Waals surface area contributed by atoms with Crippen LogP contribution in [0.1, 0.15) is 111 Å². The Morgan fingerprint density at radius 3 is 1.87 bits per heavy atom. The van der Waals surface area contributed by atoms with Crippen LogP contribution in [0, 0.1) is 21.7 Å². The van der Waals surface area contributed by atoms with Crippen molar-refractivity contribution in [2.24, 2.45) is 21.7 Å². The molecule has 33 heteroatoms. The molecular weight excluding hydrogens is 1400 g/mol. The number of anilines is 1. The molecule has 566 valence electrons. The predicted octanol–water partition coefficient (Wildman–Crippen LogP) is 3.54. The highest BCUT2D eigenvalue weighted by atomic mass is 35.5. The van der Waals surface area contributed by atoms with E-state index in [0.29, 0.717) is 48.3 Å². The number of ketones is 1. The molecule has 6 aromatic rings. The number of hydrogen-bond acceptors (Lipinski definition) is 26. The zero-order valence-corrected chi connectivity index (χ0v) is 61.0. The molecule has 0 radical (unpaired) electrons. The molecule has 104 heavy (non-hydrogen) atoms. The standard InChI is InChI=1S/C71H90ClN7O24S/c1-37(82)55-48(99-67-63(90)61(88)59(86)52(29-81)101-67)17-12-38-20-45(73-57(38)55)65(92)78-26-40(25-72)56-44-22-42(95-11)14-15-43(44)49(23-46(56)78)102-104(93,94)103-50-21-39(13-16-47(50)98-66-62(89)60(87)58(85)51(28-80)100-66)64(91)76(10)30-69(4,5)34-97-35-70(6,7)31-77-27-41(74-75-77)24-68(2,3)33-96-36-71(8,9)32-79-53(83)18-19-54(79)84/h12-23,27,40,51-52,58-63,66-67,73,80-81,85-90H,24-26,28-36H2,1-11H3/t40-,51-,52-,58+,59+,60+,61+,62-,63-,66-,67-/m1/s1. The topological polar surface area (TPSA) is 421 Å². The Morgan fingerprint density at radius 1 is 0.692 bits per heavy atom. The van der Waals surface area contributed by atoms with Crippen molar-refractivity contribution in [3.63, 3.8) is 0 Å². The number of ether oxygens (including phenoxy) is 7. The van der Waals surface area contributed by atoms with Crippen LogP contribution in [-0.4, -0.2) is 249 Å². The van der Waals surface area contributed by atoms with Gasteiger partial charge >= 0.3 is 10.4 Å². The minimum atomic E-state index is -5.40. The number of aliphatic hydroxyl groups excluding tert-OH is 8. The Hall–Kier alpha value is -7.93. The summed E-state index contributed by atoms with van der Waals surface area (Å²) in [4.78, 5) is 74.2. The van der Waals surface area contributed by atoms with E-state index in [1.54, 1.807) is 10.7 Å². The number of nitrogens with zero attached hydrogens (tertiary/aromatic N) is 6. The van der Waals surface area contributed by atoms with Crippen LogP contribution < -0.4 is 27.5 Å². The monoisotopic (exact) mass is 1490 g/mol. The first-order valence-corrected chi connectivity index (χ1v) is 35.5. The van der Waals surface area contributed by atoms with Gasteiger partial charge in [0, 0.05) is 108 Å². The number of methoxy groups -OCH3 is 1. The summed E-state index contributed by atoms with van der Waals surface area (Å²) in [5, 5.41) is 93.4. The number of hydrogen-bond donors (Lipinski definition) is 9. The molecule has 0 unspecified atom stereocenters. The average molecular weight is 1490 g/mol. The highest BCUT2D eigenvalue weighted by Gasteiger charge is 2.47. The number of halogens is 1. The van der Waals surface area contributed by atoms with E-state index in [0.717, 1.165) is 17.8 Å². The van der Waals surface area contributed by atoms with Gasteiger partial charge in [0.15, 0.2) is 23.0 Å². The first-order chi connectivity index (χ1) is 48.8. The molecule has 10 rings (SSSR count). The van der Waals surface area contributed by atoms with Crippen molar-refractivity contribution < 1.29 is 115 Å². The second-order valence-corrected chi connectivity index (χ2v) is 31.4. The van der Waals surface area contributed by atoms with Gasteiger partial charge < -0.3 is 97.2 Å². The number of aromatic amines is 1. The van der Waals surface area contributed by atoms with Crippen LogP contribution in [0.3, 0.4) is 0 Å². The number of nitrogens with one attached hydrogen (secondary N) is 1. The zero-order chi connectivity index (χ0) is 75.9. The minimum Gasteiger partial charge on any atom is -0.497 e. The Kier molecular flexibility index (Phi) is 23.6. The van der Waals surface area contributed by atoms with Crippen molar-refractivity contribution in [2.75, 3.05) is 84.2 Å². The van der Waals surface area contributed by atoms with Crippen LogP contribution in [0.2, 0.25) is 0 Å². The van der Waals surface area contributed by atoms with E-state index in [1.807, 2.05) is 47.7 Å². The largest absolute Gasteiger partial charge is 0.501 e. The number of carbonyl (C=O) groups excluding carboxylic acids is 5. The third-order valence-corrected chi connectivity index (χ3v) is 19.4. The molecule has 0 bridgehead atoms. The Labute approximate surface area is 604 Å². The average Bonchev–Trinajstić information content (AvgIpc) is 1.55. The van der Waals surface area contributed by atoms with Crippen molar-refractivity contribution in [3.8, 4) is 28.7 Å². The first-order valence-electron chi connectivity index (χ1n) is 33.6. The third kappa shape index (κ3) is 17.6. The summed E-state index contributed by atoms with van der Waals surface area (Å²) in [6.07, 6.45) is -12.3. The lowest BCUT2D eigenvalue weighted by atomic mass is 9.88. The fourth-order valence-corrected chi connectivity index (χ4v) is 14.2. The number of fused-ring (bicyclic) bond motifs is 4. The summed E-state index contributed by atoms with van der Waals surface area (Å²) in [5.74, 6) is -4.55. The quantitative estimate of drug-likeness (QED) is 0.0171. The summed E-state index contributed by atoms with van der Waals surface area (Å²) in [7, 11) is -2.46. The first kappa shape index (κ1) is 78.7. The molecule has 4 amide bonds. The van der Waals surface area contributed by atoms with Crippen LogP contribution in [-0.2, 0) is 51.9 Å². The van der Waals surface area contributed by atoms with Gasteiger partial charge in [-0.2, -0.15) is 0 Å². The molecule has 4 aliphatic rings. The molecule has 6 heterocycles. The second-order valence-electron chi connectivity index (χ2n) is 30.0. The summed E-state index contributed by atoms with van der Waals surface area (Å²) >= 11 is 6.67. The van der Waals surface area contributed by atoms with Gasteiger partial charge in [-0.05, 0) is 77.9 Å². The Balaban J connectivity index is 0.851. The lowest BCUT2D eigenvalue weighted by Gasteiger charge is -2.39. The van der Waals surface area contributed by atoms with Gasteiger partial charge in [0.1, 0.15) is 66.0 Å². The number of imide groups is 1. The maximum atomic E-state index is 15.0. The number of carbonyl (C=O) groups is 5. The van der Waals surface area contributed by atoms with Crippen molar-refractivity contribution in [3.05, 3.63) is 107 Å². The summed E-state index contributed by atoms with van der Waals surface area (Å²) < 4.78 is 83.7. The minimum absolute atomic E-state index is 0.0414. The van der Waals surface area contributed by atoms with Gasteiger partial charge in [-0.15, -0.1) is 25.1 Å². The molecule has 9 N–H and O–H groups in total. The van der Waals surface area contributed by atoms with Gasteiger partial charge in [0.25, 0.3) is 23.6 Å². The SMILES string of the molecule is COc1ccc2c(OS(=O)(=O)Oc3cc(C(=O)N(C)CC(C)(C)COCC(C)(C)Cn4cc(CC(C)(C)COCC(C)(C)CN5C(=O)C=CC5=O)nn4)ccc3O[C@@H]3O[C@H](CO)[C@H](O)[C@H](O)[C@H]3O)cc3c(c2c1)[C@H](CCl)CN3C(=O)c1cc2ccc(O[C@@H]3O[C@H](CO)[C@H](O)[C@H](O)[C@H]3O)c(C(C)=O)c2[nH]1. The van der Waals surface area contributed by atoms with Crippen molar-refractivity contribution in [1.82, 2.24) is 29.8 Å². The van der Waals surface area contributed by atoms with E-state index in [4.69, 9.17) is 53.1 Å². The number of aromatic nitrogens is 4. The number of H-pyrrole nitrogens is 1. The van der Waals surface area contributed by atoms with E-state index in [1.165, 1.54) is 90.4 Å². The number of Topliss-reactive ketones (excluding diaryl/α,β-unsaturated/α-hetero) is 1. The number of alkyl halides is 1. The predicted molar refractivity (Wildman–Crippen MR) is 373 cm³/mol. The van der Waals surface area contributed by atoms with Gasteiger partial charge in [0.2, 0.25) is 12.6 Å². The van der Waals surface area contributed by atoms with Gasteiger partial charge in [-0.25, -0.2) is 0 Å². The highest BCUT2D eigenvalue weighted by molar-refractivity contribution is 7.82. The van der Waals surface area contributed by atoms with Crippen LogP contribution in [0.15, 0.2) is 79.0 Å². The van der Waals surface area contributed by atoms with E-state index in [9.17, 15) is 68.4 Å². The Bertz CT molecular complexity index is 4310. The van der Waals surface area contributed by atoms with Crippen molar-refractivity contribution in [1.29, 1.82) is 0 Å². The summed E-state index contributed by atoms with van der Waals surface area (Å²) in [6.45, 7) is 17.3. The second kappa shape index (κ2) is 31.3. The molecule has 31 nitrogen and oxygen atoms in total.